The van der Waals surface area contributed by atoms with Crippen molar-refractivity contribution in [2.45, 2.75) is 6.85 Å². The van der Waals surface area contributed by atoms with E-state index in [1.807, 2.05) is 5.32 Å². The zero-order chi connectivity index (χ0) is 37.0. The Kier molecular flexibility index (Phi) is 3.58. The number of amides is 1. The normalized spacial score (nSPS) is 19.5. The standard InChI is InChI=1S/C24H23ClFN5O2/c1-4-33-22-12-20-17(11-21(22)30-23(32)6-5-9-31(2)3)24(15(13-27)14-28-20)29-16-7-8-19(26)18(25)10-16/h5-8,10-12,14H,4,9H2,1-3H3,(H,28,29)(H,30,32)/b6-5+/i1D3,4D2,5D,6D,7D,8D,9D2,10D,11D,12D,14D. The first kappa shape index (κ1) is 11.0. The number of aromatic nitrogens is 1. The van der Waals surface area contributed by atoms with Crippen molar-refractivity contribution in [3.8, 4) is 11.8 Å². The van der Waals surface area contributed by atoms with E-state index >= 15 is 0 Å². The number of hydrogen-bond donors (Lipinski definition) is 2. The van der Waals surface area contributed by atoms with E-state index in [1.54, 1.807) is 6.07 Å². The Bertz CT molecular complexity index is 1900. The molecule has 7 nitrogen and oxygen atoms in total. The molecule has 1 aromatic heterocycles. The van der Waals surface area contributed by atoms with Crippen LogP contribution in [0, 0.1) is 17.1 Å². The quantitative estimate of drug-likeness (QED) is 0.434. The summed E-state index contributed by atoms with van der Waals surface area (Å²) >= 11 is 5.81. The largest absolute Gasteiger partial charge is 0.492 e. The number of nitrogens with one attached hydrogen (secondary N) is 2. The molecule has 0 radical (unpaired) electrons. The van der Waals surface area contributed by atoms with Crippen LogP contribution in [-0.4, -0.2) is 42.9 Å². The van der Waals surface area contributed by atoms with Crippen molar-refractivity contribution >= 4 is 45.5 Å². The van der Waals surface area contributed by atoms with Crippen LogP contribution in [0.25, 0.3) is 10.9 Å². The Balaban J connectivity index is 2.52. The van der Waals surface area contributed by atoms with E-state index in [-0.39, 0.29) is 0 Å². The van der Waals surface area contributed by atoms with Crippen LogP contribution in [-0.2, 0) is 4.79 Å². The summed E-state index contributed by atoms with van der Waals surface area (Å²) in [5.41, 5.74) is -3.85. The van der Waals surface area contributed by atoms with Gasteiger partial charge < -0.3 is 20.3 Å². The minimum atomic E-state index is -3.61. The number of hydrogen-bond acceptors (Lipinski definition) is 6. The van der Waals surface area contributed by atoms with Crippen LogP contribution in [0.15, 0.2) is 48.5 Å². The molecular formula is C24H23ClFN5O2. The Labute approximate surface area is 217 Å². The number of nitrogens with zero attached hydrogens (tertiary/aromatic N) is 3. The van der Waals surface area contributed by atoms with Gasteiger partial charge in [-0.3, -0.25) is 9.78 Å². The molecule has 2 aromatic carbocycles. The highest BCUT2D eigenvalue weighted by atomic mass is 35.5. The molecule has 0 aliphatic heterocycles. The lowest BCUT2D eigenvalue weighted by Gasteiger charge is -2.16. The molecule has 0 unspecified atom stereocenters. The predicted molar refractivity (Wildman–Crippen MR) is 129 cm³/mol. The van der Waals surface area contributed by atoms with E-state index in [0.29, 0.717) is 0 Å². The van der Waals surface area contributed by atoms with Gasteiger partial charge in [-0.15, -0.1) is 0 Å². The Morgan fingerprint density at radius 2 is 2.30 bits per heavy atom. The van der Waals surface area contributed by atoms with E-state index < -0.39 is 124 Å². The maximum atomic E-state index is 14.3. The van der Waals surface area contributed by atoms with Gasteiger partial charge in [-0.1, -0.05) is 17.7 Å². The van der Waals surface area contributed by atoms with E-state index in [9.17, 15) is 14.4 Å². The van der Waals surface area contributed by atoms with Gasteiger partial charge in [0.05, 0.1) is 47.7 Å². The van der Waals surface area contributed by atoms with Crippen LogP contribution in [0.1, 0.15) is 33.0 Å². The Morgan fingerprint density at radius 3 is 3.03 bits per heavy atom. The second-order valence-corrected chi connectivity index (χ2v) is 6.56. The molecule has 2 N–H and O–H groups in total. The molecule has 1 amide bonds. The molecule has 3 rings (SSSR count). The van der Waals surface area contributed by atoms with Crippen LogP contribution >= 0.6 is 11.6 Å². The molecule has 0 aliphatic carbocycles. The zero-order valence-corrected chi connectivity index (χ0v) is 17.7. The monoisotopic (exact) mass is 482 g/mol. The topological polar surface area (TPSA) is 90.3 Å². The Hall–Kier alpha value is -3.67. The number of likely N-dealkylation sites (N-methyl/N-ethyl adjacent to an activating group) is 1. The first-order chi connectivity index (χ1) is 21.8. The summed E-state index contributed by atoms with van der Waals surface area (Å²) in [6.45, 7) is -9.83. The Morgan fingerprint density at radius 1 is 1.48 bits per heavy atom. The molecule has 0 atom stereocenters. The SMILES string of the molecule is [2H]/C(C(=O)Nc1c(OC([2H])([2H])C([2H])([2H])[2H])c([2H])c2nc([2H])c(C#N)c(Nc3c([2H])c([2H])c(F)c(Cl)c3[2H])c2c1[2H])=C(/[2H])C([2H])([2H])N(C)C. The molecular weight excluding hydrogens is 445 g/mol. The molecule has 0 saturated carbocycles. The van der Waals surface area contributed by atoms with Gasteiger partial charge >= 0.3 is 0 Å². The third-order valence-electron chi connectivity index (χ3n) is 3.66. The average Bonchev–Trinajstić information content (AvgIpc) is 2.99. The molecule has 0 fully saturated rings. The number of halogens is 2. The smallest absolute Gasteiger partial charge is 0.248 e. The fourth-order valence-electron chi connectivity index (χ4n) is 2.35. The second-order valence-electron chi connectivity index (χ2n) is 6.18. The van der Waals surface area contributed by atoms with Crippen LogP contribution in [0.3, 0.4) is 0 Å². The van der Waals surface area contributed by atoms with Gasteiger partial charge in [0.2, 0.25) is 5.91 Å². The van der Waals surface area contributed by atoms with Crippen LogP contribution < -0.4 is 15.4 Å². The van der Waals surface area contributed by atoms with Crippen LogP contribution in [0.4, 0.5) is 21.5 Å². The summed E-state index contributed by atoms with van der Waals surface area (Å²) in [6, 6.07) is -5.94. The minimum absolute atomic E-state index is 0.664. The molecule has 0 bridgehead atoms. The van der Waals surface area contributed by atoms with Gasteiger partial charge in [0, 0.05) is 42.7 Å². The molecule has 0 saturated heterocycles. The summed E-state index contributed by atoms with van der Waals surface area (Å²) in [5, 5.41) is 12.6. The lowest BCUT2D eigenvalue weighted by Crippen LogP contribution is -2.13. The molecule has 170 valence electrons. The van der Waals surface area contributed by atoms with Crippen molar-refractivity contribution in [3.05, 3.63) is 64.9 Å². The van der Waals surface area contributed by atoms with Gasteiger partial charge in [-0.05, 0) is 45.1 Å². The predicted octanol–water partition coefficient (Wildman–Crippen LogP) is 5.10. The molecule has 33 heavy (non-hydrogen) atoms. The van der Waals surface area contributed by atoms with E-state index in [2.05, 4.69) is 10.3 Å². The maximum Gasteiger partial charge on any atom is 0.248 e. The summed E-state index contributed by atoms with van der Waals surface area (Å²) in [7, 11) is 2.41. The van der Waals surface area contributed by atoms with E-state index in [1.165, 1.54) is 14.1 Å². The van der Waals surface area contributed by atoms with Crippen molar-refractivity contribution < 1.29 is 34.5 Å². The molecule has 0 spiro atoms. The summed E-state index contributed by atoms with van der Waals surface area (Å²) in [4.78, 5) is 17.8. The van der Waals surface area contributed by atoms with Crippen LogP contribution in [0.5, 0.6) is 5.75 Å². The molecule has 1 heterocycles. The fraction of sp³-hybridized carbons (Fsp3) is 0.208. The van der Waals surface area contributed by atoms with Crippen molar-refractivity contribution in [3.63, 3.8) is 0 Å². The number of pyridine rings is 1. The van der Waals surface area contributed by atoms with Gasteiger partial charge in [0.15, 0.2) is 0 Å². The number of nitriles is 1. The third kappa shape index (κ3) is 5.98. The summed E-state index contributed by atoms with van der Waals surface area (Å²) in [5.74, 6) is -4.20. The highest BCUT2D eigenvalue weighted by Gasteiger charge is 2.15. The average molecular weight is 483 g/mol. The van der Waals surface area contributed by atoms with Gasteiger partial charge in [-0.25, -0.2) is 4.39 Å². The van der Waals surface area contributed by atoms with E-state index in [0.717, 1.165) is 4.90 Å². The number of fused-ring (bicyclic) bond motifs is 1. The fourth-order valence-corrected chi connectivity index (χ4v) is 2.49. The molecule has 0 aliphatic rings. The van der Waals surface area contributed by atoms with Crippen molar-refractivity contribution in [1.82, 2.24) is 9.88 Å². The van der Waals surface area contributed by atoms with E-state index in [4.69, 9.17) is 36.9 Å². The summed E-state index contributed by atoms with van der Waals surface area (Å²) < 4.78 is 140. The van der Waals surface area contributed by atoms with Crippen molar-refractivity contribution in [1.29, 1.82) is 5.26 Å². The molecule has 3 aromatic rings. The number of carbonyl (C=O) groups excluding carboxylic acids is 1. The zero-order valence-electron chi connectivity index (χ0n) is 31.9. The minimum Gasteiger partial charge on any atom is -0.492 e. The second kappa shape index (κ2) is 10.8. The van der Waals surface area contributed by atoms with Gasteiger partial charge in [0.1, 0.15) is 17.6 Å². The molecule has 9 heteroatoms. The van der Waals surface area contributed by atoms with Gasteiger partial charge in [-0.2, -0.15) is 5.26 Å². The first-order valence-corrected chi connectivity index (χ1v) is 9.16. The number of anilines is 3. The number of ether oxygens (including phenoxy) is 1. The summed E-state index contributed by atoms with van der Waals surface area (Å²) in [6.07, 6.45) is -0.902. The van der Waals surface area contributed by atoms with Crippen LogP contribution in [0.2, 0.25) is 5.02 Å². The third-order valence-corrected chi connectivity index (χ3v) is 3.92. The van der Waals surface area contributed by atoms with Crippen molar-refractivity contribution in [2.75, 3.05) is 37.8 Å². The first-order valence-electron chi connectivity index (χ1n) is 16.3. The maximum absolute atomic E-state index is 14.3. The lowest BCUT2D eigenvalue weighted by molar-refractivity contribution is -0.111. The highest BCUT2D eigenvalue weighted by Crippen LogP contribution is 2.36. The highest BCUT2D eigenvalue weighted by molar-refractivity contribution is 6.31. The van der Waals surface area contributed by atoms with Crippen molar-refractivity contribution in [2.24, 2.45) is 0 Å². The van der Waals surface area contributed by atoms with Gasteiger partial charge in [0.25, 0.3) is 0 Å². The number of carbonyl (C=O) groups is 1. The number of rotatable bonds is 8. The number of benzene rings is 2. The lowest BCUT2D eigenvalue weighted by atomic mass is 10.1.